The number of allylic oxidation sites excluding steroid dienone is 6. The van der Waals surface area contributed by atoms with E-state index in [1.54, 1.807) is 6.07 Å². The molecule has 0 saturated carbocycles. The van der Waals surface area contributed by atoms with Crippen LogP contribution in [0.5, 0.6) is 5.75 Å². The van der Waals surface area contributed by atoms with Crippen LogP contribution in [0.25, 0.3) is 0 Å². The molecule has 0 atom stereocenters. The van der Waals surface area contributed by atoms with Crippen molar-refractivity contribution < 1.29 is 86.2 Å². The quantitative estimate of drug-likeness (QED) is 0.00682. The maximum Gasteiger partial charge on any atom is 0.490 e. The van der Waals surface area contributed by atoms with E-state index in [0.717, 1.165) is 92.1 Å². The Balaban J connectivity index is 0.000000983. The second kappa shape index (κ2) is 34.0. The van der Waals surface area contributed by atoms with Crippen molar-refractivity contribution in [2.24, 2.45) is 0 Å². The fourth-order valence-electron chi connectivity index (χ4n) is 11.0. The molecule has 0 radical (unpaired) electrons. The fourth-order valence-corrected chi connectivity index (χ4v) is 12.1. The lowest BCUT2D eigenvalue weighted by Crippen LogP contribution is -2.37. The third kappa shape index (κ3) is 22.7. The third-order valence-corrected chi connectivity index (χ3v) is 17.4. The molecule has 0 aliphatic carbocycles. The lowest BCUT2D eigenvalue weighted by atomic mass is 9.81. The smallest absolute Gasteiger partial charge is 0.490 e. The summed E-state index contributed by atoms with van der Waals surface area (Å²) in [4.78, 5) is 59.6. The standard InChI is InChI=1S/C60H80N6O10S2.2C2HF3O2/c1-59(2)48-26-13-14-27-50(48)65(39-20-21-41-77(70,71)72)52(59)28-10-7-11-29-53-60(3,4)49-32-31-47(78(73,74)75)43-51(49)66(53)38-19-8-12-30-54(67)61-33-15-5-6-16-34-62-55-56(58(69)57(55)68)63-35-23-40-76-46-25-22-24-45(42-46)44-64-36-17-9-18-37-64;2*3-2(4,5)1(6)7/h7,10-11,13-14,22,24-29,31-32,42-43H,5-6,8-9,12,15-21,23,30,33-41,44H2,1-4H3,(H4-,61,62,63,67,68,69,70,71,72,73,74,75);2*(H,6,7). The Kier molecular flexibility index (Phi) is 27.8. The van der Waals surface area contributed by atoms with E-state index in [-0.39, 0.29) is 22.6 Å². The molecule has 506 valence electrons. The van der Waals surface area contributed by atoms with Gasteiger partial charge in [-0.3, -0.25) is 23.8 Å². The van der Waals surface area contributed by atoms with Gasteiger partial charge in [-0.05, 0) is 120 Å². The van der Waals surface area contributed by atoms with Crippen LogP contribution in [0.2, 0.25) is 0 Å². The number of aliphatic carboxylic acids is 2. The molecule has 1 saturated heterocycles. The zero-order valence-electron chi connectivity index (χ0n) is 52.0. The molecule has 7 rings (SSSR count). The number of rotatable bonds is 31. The van der Waals surface area contributed by atoms with E-state index >= 15 is 0 Å². The molecule has 0 spiro atoms. The number of nitrogens with one attached hydrogen (secondary N) is 3. The van der Waals surface area contributed by atoms with Crippen LogP contribution in [0.4, 0.5) is 49.1 Å². The normalized spacial score (nSPS) is 16.0. The van der Waals surface area contributed by atoms with Gasteiger partial charge in [0.2, 0.25) is 11.6 Å². The van der Waals surface area contributed by atoms with Gasteiger partial charge in [-0.1, -0.05) is 94.2 Å². The number of fused-ring (bicyclic) bond motifs is 2. The second-order valence-electron chi connectivity index (χ2n) is 23.5. The van der Waals surface area contributed by atoms with Crippen LogP contribution in [0.3, 0.4) is 0 Å². The first-order chi connectivity index (χ1) is 43.1. The number of carboxylic acid groups (broad SMARTS) is 2. The first-order valence-electron chi connectivity index (χ1n) is 30.4. The van der Waals surface area contributed by atoms with Crippen molar-refractivity contribution in [1.82, 2.24) is 10.2 Å². The van der Waals surface area contributed by atoms with Gasteiger partial charge in [-0.25, -0.2) is 18.0 Å². The Morgan fingerprint density at radius 3 is 1.92 bits per heavy atom. The summed E-state index contributed by atoms with van der Waals surface area (Å²) in [5.41, 5.74) is 5.98. The number of ether oxygens (including phenoxy) is 1. The highest BCUT2D eigenvalue weighted by atomic mass is 32.2. The average molecular weight is 1340 g/mol. The number of benzene rings is 3. The molecule has 20 nitrogen and oxygen atoms in total. The number of carbonyl (C=O) groups is 3. The number of alkyl halides is 6. The van der Waals surface area contributed by atoms with Crippen LogP contribution in [-0.2, 0) is 52.0 Å². The van der Waals surface area contributed by atoms with Crippen LogP contribution < -0.4 is 36.4 Å². The van der Waals surface area contributed by atoms with Crippen molar-refractivity contribution in [3.05, 3.63) is 140 Å². The van der Waals surface area contributed by atoms with Crippen molar-refractivity contribution in [3.8, 4) is 5.75 Å². The summed E-state index contributed by atoms with van der Waals surface area (Å²) in [6.07, 6.45) is 11.1. The lowest BCUT2D eigenvalue weighted by Gasteiger charge is -2.27. The summed E-state index contributed by atoms with van der Waals surface area (Å²) in [6.45, 7) is 15.0. The predicted octanol–water partition coefficient (Wildman–Crippen LogP) is 10.5. The number of hydrogen-bond acceptors (Lipinski definition) is 15. The monoisotopic (exact) mass is 1340 g/mol. The van der Waals surface area contributed by atoms with Crippen molar-refractivity contribution in [2.75, 3.05) is 73.7 Å². The Bertz CT molecular complexity index is 3580. The van der Waals surface area contributed by atoms with Crippen molar-refractivity contribution in [1.29, 1.82) is 0 Å². The maximum atomic E-state index is 12.8. The van der Waals surface area contributed by atoms with Gasteiger partial charge in [-0.15, -0.1) is 0 Å². The number of nitrogens with zero attached hydrogens (tertiary/aromatic N) is 3. The highest BCUT2D eigenvalue weighted by Crippen LogP contribution is 2.49. The van der Waals surface area contributed by atoms with Gasteiger partial charge in [0.15, 0.2) is 5.71 Å². The SMILES string of the molecule is CC1(C)C(/C=C/C=C/C=C2\N(CCCCCC(=O)NCCCCCCNc3c(NCCCOc4cccc(CN5CCCCC5)c4)c(=O)c3=O)c3cc(S(=O)(=O)O)ccc3C2(C)C)=[N+](CCCCS(=O)(=O)[O-])c2ccccc21.O=C(O)C(F)(F)F.O=C(O)C(F)(F)F. The topological polar surface area (TPSA) is 292 Å². The summed E-state index contributed by atoms with van der Waals surface area (Å²) in [7, 11) is -8.74. The molecule has 3 aliphatic rings. The van der Waals surface area contributed by atoms with Gasteiger partial charge in [0.25, 0.3) is 21.0 Å². The van der Waals surface area contributed by atoms with E-state index in [0.29, 0.717) is 82.1 Å². The maximum absolute atomic E-state index is 12.8. The summed E-state index contributed by atoms with van der Waals surface area (Å²) < 4.78 is 140. The summed E-state index contributed by atoms with van der Waals surface area (Å²) in [5.74, 6) is -5.08. The van der Waals surface area contributed by atoms with Crippen LogP contribution >= 0.6 is 0 Å². The number of unbranched alkanes of at least 4 members (excludes halogenated alkanes) is 6. The third-order valence-electron chi connectivity index (χ3n) is 15.8. The highest BCUT2D eigenvalue weighted by molar-refractivity contribution is 7.86. The molecule has 4 aromatic rings. The summed E-state index contributed by atoms with van der Waals surface area (Å²) >= 11 is 0. The zero-order valence-corrected chi connectivity index (χ0v) is 53.6. The molecule has 1 amide bonds. The first-order valence-corrected chi connectivity index (χ1v) is 33.4. The molecule has 1 fully saturated rings. The largest absolute Gasteiger partial charge is 0.748 e. The Morgan fingerprint density at radius 1 is 0.696 bits per heavy atom. The summed E-state index contributed by atoms with van der Waals surface area (Å²) in [6, 6.07) is 21.1. The van der Waals surface area contributed by atoms with Gasteiger partial charge in [0.05, 0.1) is 27.0 Å². The number of halogens is 6. The van der Waals surface area contributed by atoms with E-state index in [1.165, 1.54) is 37.0 Å². The molecule has 3 aliphatic heterocycles. The van der Waals surface area contributed by atoms with E-state index in [9.17, 15) is 66.7 Å². The van der Waals surface area contributed by atoms with Crippen molar-refractivity contribution >= 4 is 66.5 Å². The first kappa shape index (κ1) is 75.3. The molecule has 4 aromatic carbocycles. The molecule has 0 bridgehead atoms. The number of hydrogen-bond donors (Lipinski definition) is 6. The zero-order chi connectivity index (χ0) is 68.1. The Hall–Kier alpha value is -7.40. The molecular weight excluding hydrogens is 1250 g/mol. The minimum atomic E-state index is -5.08. The summed E-state index contributed by atoms with van der Waals surface area (Å²) in [5, 5.41) is 23.6. The highest BCUT2D eigenvalue weighted by Gasteiger charge is 2.44. The van der Waals surface area contributed by atoms with E-state index < -0.39 is 66.6 Å². The van der Waals surface area contributed by atoms with Crippen LogP contribution in [0.1, 0.15) is 134 Å². The molecule has 28 heteroatoms. The number of carbonyl (C=O) groups excluding carboxylic acids is 1. The minimum absolute atomic E-state index is 0.00845. The fraction of sp³-hybridized carbons (Fsp3) is 0.500. The average Bonchev–Trinajstić information content (AvgIpc) is 1.58. The van der Waals surface area contributed by atoms with Crippen LogP contribution in [-0.4, -0.2) is 140 Å². The van der Waals surface area contributed by atoms with Crippen molar-refractivity contribution in [2.45, 2.75) is 152 Å². The van der Waals surface area contributed by atoms with Gasteiger partial charge in [0, 0.05) is 85.8 Å². The number of likely N-dealkylation sites (tertiary alicyclic amines) is 1. The molecule has 92 heavy (non-hydrogen) atoms. The number of para-hydroxylation sites is 1. The van der Waals surface area contributed by atoms with Gasteiger partial charge >= 0.3 is 24.3 Å². The Labute approximate surface area is 532 Å². The molecule has 3 heterocycles. The number of anilines is 3. The van der Waals surface area contributed by atoms with Crippen molar-refractivity contribution in [3.63, 3.8) is 0 Å². The number of amides is 1. The predicted molar refractivity (Wildman–Crippen MR) is 337 cm³/mol. The van der Waals surface area contributed by atoms with E-state index in [2.05, 4.69) is 88.4 Å². The van der Waals surface area contributed by atoms with E-state index in [4.69, 9.17) is 24.5 Å². The van der Waals surface area contributed by atoms with Gasteiger partial charge in [0.1, 0.15) is 23.7 Å². The lowest BCUT2D eigenvalue weighted by molar-refractivity contribution is -0.438. The number of piperidine rings is 1. The minimum Gasteiger partial charge on any atom is -0.748 e. The van der Waals surface area contributed by atoms with Gasteiger partial charge < -0.3 is 40.4 Å². The van der Waals surface area contributed by atoms with Crippen LogP contribution in [0, 0.1) is 0 Å². The molecule has 0 unspecified atom stereocenters. The Morgan fingerprint density at radius 2 is 1.30 bits per heavy atom. The second-order valence-corrected chi connectivity index (χ2v) is 26.4. The van der Waals surface area contributed by atoms with Gasteiger partial charge in [-0.2, -0.15) is 39.3 Å². The van der Waals surface area contributed by atoms with E-state index in [1.807, 2.05) is 48.6 Å². The molecule has 0 aromatic heterocycles. The molecule has 6 N–H and O–H groups in total. The van der Waals surface area contributed by atoms with Crippen LogP contribution in [0.15, 0.2) is 117 Å². The molecular formula is C64H82F6N6O14S2. The number of carboxylic acids is 2.